The summed E-state index contributed by atoms with van der Waals surface area (Å²) in [5, 5.41) is 11.6. The zero-order valence-corrected chi connectivity index (χ0v) is 20.4. The van der Waals surface area contributed by atoms with Crippen molar-refractivity contribution in [3.8, 4) is 0 Å². The normalized spacial score (nSPS) is 18.2. The van der Waals surface area contributed by atoms with Crippen molar-refractivity contribution >= 4 is 61.6 Å². The van der Waals surface area contributed by atoms with Gasteiger partial charge in [0.15, 0.2) is 5.11 Å². The lowest BCUT2D eigenvalue weighted by atomic mass is 9.91. The van der Waals surface area contributed by atoms with E-state index in [4.69, 9.17) is 22.2 Å². The van der Waals surface area contributed by atoms with Gasteiger partial charge in [0.1, 0.15) is 11.6 Å². The van der Waals surface area contributed by atoms with Gasteiger partial charge in [0.05, 0.1) is 11.2 Å². The summed E-state index contributed by atoms with van der Waals surface area (Å²) in [6.07, 6.45) is 3.96. The molecule has 2 aromatic carbocycles. The molecule has 0 unspecified atom stereocenters. The smallest absolute Gasteiger partial charge is 0.225 e. The van der Waals surface area contributed by atoms with Crippen LogP contribution in [0.5, 0.6) is 0 Å². The fourth-order valence-corrected chi connectivity index (χ4v) is 4.69. The minimum Gasteiger partial charge on any atom is -0.362 e. The summed E-state index contributed by atoms with van der Waals surface area (Å²) in [5.74, 6) is 1.29. The van der Waals surface area contributed by atoms with E-state index in [1.807, 2.05) is 43.3 Å². The van der Waals surface area contributed by atoms with Gasteiger partial charge in [-0.25, -0.2) is 9.37 Å². The second-order valence-electron chi connectivity index (χ2n) is 8.20. The Labute approximate surface area is 201 Å². The minimum absolute atomic E-state index is 0.291. The van der Waals surface area contributed by atoms with Crippen LogP contribution in [-0.2, 0) is 0 Å². The number of aromatic nitrogens is 2. The second-order valence-corrected chi connectivity index (χ2v) is 9.46. The molecule has 1 saturated carbocycles. The van der Waals surface area contributed by atoms with Crippen LogP contribution in [-0.4, -0.2) is 41.3 Å². The number of rotatable bonds is 5. The van der Waals surface area contributed by atoms with Gasteiger partial charge in [-0.05, 0) is 84.2 Å². The number of anilines is 3. The van der Waals surface area contributed by atoms with Gasteiger partial charge in [0, 0.05) is 36.0 Å². The first-order valence-electron chi connectivity index (χ1n) is 10.6. The van der Waals surface area contributed by atoms with Gasteiger partial charge in [0.25, 0.3) is 0 Å². The first-order valence-corrected chi connectivity index (χ1v) is 11.8. The van der Waals surface area contributed by atoms with Gasteiger partial charge in [0.2, 0.25) is 5.95 Å². The molecule has 0 radical (unpaired) electrons. The van der Waals surface area contributed by atoms with Gasteiger partial charge in [-0.2, -0.15) is 4.98 Å². The Morgan fingerprint density at radius 3 is 2.50 bits per heavy atom. The molecule has 4 rings (SSSR count). The number of nitrogens with one attached hydrogen (secondary N) is 3. The Morgan fingerprint density at radius 2 is 1.78 bits per heavy atom. The monoisotopic (exact) mass is 516 g/mol. The van der Waals surface area contributed by atoms with E-state index in [-0.39, 0.29) is 5.82 Å². The molecular formula is C23H26BrFN6S. The van der Waals surface area contributed by atoms with Gasteiger partial charge in [-0.3, -0.25) is 0 Å². The number of para-hydroxylation sites is 1. The molecule has 9 heteroatoms. The van der Waals surface area contributed by atoms with Gasteiger partial charge in [-0.15, -0.1) is 0 Å². The lowest BCUT2D eigenvalue weighted by molar-refractivity contribution is 0.387. The van der Waals surface area contributed by atoms with Crippen molar-refractivity contribution in [1.82, 2.24) is 15.3 Å². The summed E-state index contributed by atoms with van der Waals surface area (Å²) in [5.41, 5.74) is 1.68. The van der Waals surface area contributed by atoms with Crippen LogP contribution in [0.15, 0.2) is 46.9 Å². The fraction of sp³-hybridized carbons (Fsp3) is 0.348. The summed E-state index contributed by atoms with van der Waals surface area (Å²) < 4.78 is 13.9. The molecule has 6 nitrogen and oxygen atoms in total. The van der Waals surface area contributed by atoms with E-state index in [0.29, 0.717) is 27.6 Å². The highest BCUT2D eigenvalue weighted by molar-refractivity contribution is 9.10. The zero-order valence-electron chi connectivity index (χ0n) is 18.0. The van der Waals surface area contributed by atoms with Crippen molar-refractivity contribution < 1.29 is 4.39 Å². The lowest BCUT2D eigenvalue weighted by Crippen LogP contribution is -2.42. The summed E-state index contributed by atoms with van der Waals surface area (Å²) >= 11 is 8.81. The summed E-state index contributed by atoms with van der Waals surface area (Å²) in [4.78, 5) is 11.5. The fourth-order valence-electron chi connectivity index (χ4n) is 3.96. The van der Waals surface area contributed by atoms with Crippen LogP contribution >= 0.6 is 28.1 Å². The van der Waals surface area contributed by atoms with Crippen LogP contribution in [0.3, 0.4) is 0 Å². The van der Waals surface area contributed by atoms with Crippen LogP contribution in [0.4, 0.5) is 21.8 Å². The van der Waals surface area contributed by atoms with E-state index in [2.05, 4.69) is 31.9 Å². The lowest BCUT2D eigenvalue weighted by Gasteiger charge is -2.30. The number of hydrogen-bond donors (Lipinski definition) is 3. The van der Waals surface area contributed by atoms with Gasteiger partial charge < -0.3 is 20.9 Å². The molecule has 1 aliphatic rings. The Balaban J connectivity index is 1.32. The average Bonchev–Trinajstić information content (AvgIpc) is 2.76. The molecule has 0 atom stereocenters. The van der Waals surface area contributed by atoms with E-state index >= 15 is 0 Å². The third kappa shape index (κ3) is 5.45. The SMILES string of the molecule is CN(C)c1nc(NC2CCC(NC(=S)Nc3ccc(F)cc3Br)CC2)nc2ccccc12. The van der Waals surface area contributed by atoms with E-state index < -0.39 is 0 Å². The highest BCUT2D eigenvalue weighted by Gasteiger charge is 2.23. The Kier molecular flexibility index (Phi) is 7.05. The number of halogens is 2. The van der Waals surface area contributed by atoms with E-state index in [0.717, 1.165) is 48.1 Å². The van der Waals surface area contributed by atoms with Crippen LogP contribution in [0.25, 0.3) is 10.9 Å². The Hall–Kier alpha value is -2.52. The summed E-state index contributed by atoms with van der Waals surface area (Å²) in [6.45, 7) is 0. The molecule has 3 N–H and O–H groups in total. The summed E-state index contributed by atoms with van der Waals surface area (Å²) in [6, 6.07) is 13.2. The molecule has 32 heavy (non-hydrogen) atoms. The van der Waals surface area contributed by atoms with Crippen molar-refractivity contribution in [1.29, 1.82) is 0 Å². The molecule has 1 heterocycles. The van der Waals surface area contributed by atoms with Crippen LogP contribution in [0.1, 0.15) is 25.7 Å². The predicted molar refractivity (Wildman–Crippen MR) is 137 cm³/mol. The third-order valence-electron chi connectivity index (χ3n) is 5.58. The molecule has 168 valence electrons. The van der Waals surface area contributed by atoms with Crippen molar-refractivity contribution in [2.45, 2.75) is 37.8 Å². The maximum absolute atomic E-state index is 13.3. The van der Waals surface area contributed by atoms with E-state index in [1.54, 1.807) is 6.07 Å². The maximum atomic E-state index is 13.3. The topological polar surface area (TPSA) is 65.1 Å². The molecule has 0 aliphatic heterocycles. The molecule has 3 aromatic rings. The highest BCUT2D eigenvalue weighted by atomic mass is 79.9. The molecular weight excluding hydrogens is 491 g/mol. The number of thiocarbonyl (C=S) groups is 1. The van der Waals surface area contributed by atoms with E-state index in [1.165, 1.54) is 12.1 Å². The zero-order chi connectivity index (χ0) is 22.7. The van der Waals surface area contributed by atoms with Gasteiger partial charge in [-0.1, -0.05) is 12.1 Å². The minimum atomic E-state index is -0.291. The number of benzene rings is 2. The Bertz CT molecular complexity index is 1120. The van der Waals surface area contributed by atoms with E-state index in [9.17, 15) is 4.39 Å². The van der Waals surface area contributed by atoms with Crippen molar-refractivity contribution in [2.75, 3.05) is 29.6 Å². The van der Waals surface area contributed by atoms with Crippen LogP contribution < -0.4 is 20.9 Å². The highest BCUT2D eigenvalue weighted by Crippen LogP contribution is 2.27. The number of nitrogens with zero attached hydrogens (tertiary/aromatic N) is 3. The second kappa shape index (κ2) is 9.95. The predicted octanol–water partition coefficient (Wildman–Crippen LogP) is 5.31. The molecule has 0 bridgehead atoms. The Morgan fingerprint density at radius 1 is 1.06 bits per heavy atom. The van der Waals surface area contributed by atoms with Crippen molar-refractivity contribution in [3.63, 3.8) is 0 Å². The first kappa shape index (κ1) is 22.7. The molecule has 0 saturated heterocycles. The van der Waals surface area contributed by atoms with Crippen molar-refractivity contribution in [2.24, 2.45) is 0 Å². The number of hydrogen-bond acceptors (Lipinski definition) is 5. The van der Waals surface area contributed by atoms with Crippen LogP contribution in [0, 0.1) is 5.82 Å². The standard InChI is InChI=1S/C23H26BrFN6S/c1-31(2)21-17-5-3-4-6-19(17)28-22(30-21)26-15-8-10-16(11-9-15)27-23(32)29-20-12-7-14(25)13-18(20)24/h3-7,12-13,15-16H,8-11H2,1-2H3,(H,26,28,30)(H2,27,29,32). The first-order chi connectivity index (χ1) is 15.4. The molecule has 1 aliphatic carbocycles. The molecule has 0 spiro atoms. The quantitative estimate of drug-likeness (QED) is 0.397. The van der Waals surface area contributed by atoms with Crippen molar-refractivity contribution in [3.05, 3.63) is 52.8 Å². The molecule has 0 amide bonds. The van der Waals surface area contributed by atoms with Gasteiger partial charge >= 0.3 is 0 Å². The summed E-state index contributed by atoms with van der Waals surface area (Å²) in [7, 11) is 3.99. The average molecular weight is 517 g/mol. The number of fused-ring (bicyclic) bond motifs is 1. The third-order valence-corrected chi connectivity index (χ3v) is 6.46. The molecule has 1 aromatic heterocycles. The molecule has 1 fully saturated rings. The largest absolute Gasteiger partial charge is 0.362 e. The maximum Gasteiger partial charge on any atom is 0.225 e. The van der Waals surface area contributed by atoms with Crippen LogP contribution in [0.2, 0.25) is 0 Å².